The van der Waals surface area contributed by atoms with Crippen molar-refractivity contribution in [3.8, 4) is 5.75 Å². The van der Waals surface area contributed by atoms with Crippen molar-refractivity contribution in [2.75, 3.05) is 0 Å². The van der Waals surface area contributed by atoms with Crippen molar-refractivity contribution in [1.29, 1.82) is 0 Å². The van der Waals surface area contributed by atoms with Gasteiger partial charge in [-0.1, -0.05) is 12.1 Å². The van der Waals surface area contributed by atoms with Crippen molar-refractivity contribution in [3.63, 3.8) is 0 Å². The number of hydroxylamine groups is 1. The number of phenolic OH excluding ortho intramolecular Hbond substituents is 1. The Kier molecular flexibility index (Phi) is 2.69. The smallest absolute Gasteiger partial charge is 0.149 e. The van der Waals surface area contributed by atoms with Crippen LogP contribution in [0.2, 0.25) is 0 Å². The lowest BCUT2D eigenvalue weighted by molar-refractivity contribution is -0.120. The third kappa shape index (κ3) is 1.94. The average molecular weight is 221 g/mol. The number of hydrogen-bond acceptors (Lipinski definition) is 4. The van der Waals surface area contributed by atoms with Crippen LogP contribution in [0, 0.1) is 0 Å². The summed E-state index contributed by atoms with van der Waals surface area (Å²) in [5, 5.41) is 9.21. The van der Waals surface area contributed by atoms with Crippen molar-refractivity contribution in [1.82, 2.24) is 5.48 Å². The summed E-state index contributed by atoms with van der Waals surface area (Å²) in [5.41, 5.74) is 3.18. The first-order chi connectivity index (χ1) is 7.51. The van der Waals surface area contributed by atoms with Crippen LogP contribution in [0.3, 0.4) is 0 Å². The molecule has 1 aromatic rings. The van der Waals surface area contributed by atoms with Gasteiger partial charge in [-0.05, 0) is 31.5 Å². The van der Waals surface area contributed by atoms with E-state index in [4.69, 9.17) is 4.84 Å². The summed E-state index contributed by atoms with van der Waals surface area (Å²) >= 11 is 0. The third-order valence-electron chi connectivity index (χ3n) is 2.99. The molecular formula is C12H15NO3. The summed E-state index contributed by atoms with van der Waals surface area (Å²) in [7, 11) is 0. The SMILES string of the molecule is CC(=O)C1CC(C)(c2ccc(O)cc2)ON1. The van der Waals surface area contributed by atoms with Gasteiger partial charge in [0.2, 0.25) is 0 Å². The summed E-state index contributed by atoms with van der Waals surface area (Å²) in [6.45, 7) is 3.47. The molecule has 0 aliphatic carbocycles. The minimum atomic E-state index is -0.510. The quantitative estimate of drug-likeness (QED) is 0.794. The molecule has 1 aliphatic heterocycles. The monoisotopic (exact) mass is 221 g/mol. The standard InChI is InChI=1S/C12H15NO3/c1-8(14)11-7-12(2,16-13-11)9-3-5-10(15)6-4-9/h3-6,11,13,15H,7H2,1-2H3. The first-order valence-electron chi connectivity index (χ1n) is 5.25. The van der Waals surface area contributed by atoms with Crippen molar-refractivity contribution in [2.45, 2.75) is 31.9 Å². The van der Waals surface area contributed by atoms with Gasteiger partial charge in [0.15, 0.2) is 0 Å². The van der Waals surface area contributed by atoms with Crippen LogP contribution in [0.5, 0.6) is 5.75 Å². The molecular weight excluding hydrogens is 206 g/mol. The van der Waals surface area contributed by atoms with E-state index >= 15 is 0 Å². The van der Waals surface area contributed by atoms with Crippen LogP contribution in [-0.4, -0.2) is 16.9 Å². The normalized spacial score (nSPS) is 29.2. The van der Waals surface area contributed by atoms with Gasteiger partial charge in [0.05, 0.1) is 6.04 Å². The fourth-order valence-electron chi connectivity index (χ4n) is 1.89. The largest absolute Gasteiger partial charge is 0.508 e. The number of ketones is 1. The molecule has 4 nitrogen and oxygen atoms in total. The molecule has 0 bridgehead atoms. The summed E-state index contributed by atoms with van der Waals surface area (Å²) in [6.07, 6.45) is 0.604. The van der Waals surface area contributed by atoms with E-state index in [-0.39, 0.29) is 17.6 Å². The molecule has 2 unspecified atom stereocenters. The Bertz CT molecular complexity index is 401. The number of rotatable bonds is 2. The number of carbonyl (C=O) groups excluding carboxylic acids is 1. The zero-order valence-corrected chi connectivity index (χ0v) is 9.36. The Labute approximate surface area is 94.2 Å². The molecule has 0 spiro atoms. The molecule has 2 rings (SSSR count). The van der Waals surface area contributed by atoms with Crippen LogP contribution < -0.4 is 5.48 Å². The maximum Gasteiger partial charge on any atom is 0.149 e. The van der Waals surface area contributed by atoms with E-state index in [0.29, 0.717) is 6.42 Å². The first-order valence-corrected chi connectivity index (χ1v) is 5.25. The summed E-state index contributed by atoms with van der Waals surface area (Å²) in [4.78, 5) is 16.7. The van der Waals surface area contributed by atoms with E-state index in [9.17, 15) is 9.90 Å². The van der Waals surface area contributed by atoms with Gasteiger partial charge in [0.1, 0.15) is 17.1 Å². The molecule has 1 saturated heterocycles. The number of benzene rings is 1. The number of hydrogen-bond donors (Lipinski definition) is 2. The molecule has 1 aromatic carbocycles. The lowest BCUT2D eigenvalue weighted by Crippen LogP contribution is -2.27. The first kappa shape index (κ1) is 11.1. The molecule has 1 heterocycles. The maximum absolute atomic E-state index is 11.2. The van der Waals surface area contributed by atoms with Gasteiger partial charge in [-0.25, -0.2) is 0 Å². The zero-order chi connectivity index (χ0) is 11.8. The molecule has 0 saturated carbocycles. The molecule has 86 valence electrons. The van der Waals surface area contributed by atoms with E-state index in [1.165, 1.54) is 0 Å². The van der Waals surface area contributed by atoms with Gasteiger partial charge in [0, 0.05) is 6.42 Å². The van der Waals surface area contributed by atoms with Crippen LogP contribution in [0.25, 0.3) is 0 Å². The Morgan fingerprint density at radius 3 is 2.62 bits per heavy atom. The lowest BCUT2D eigenvalue weighted by atomic mass is 9.89. The Hall–Kier alpha value is -1.39. The number of carbonyl (C=O) groups is 1. The highest BCUT2D eigenvalue weighted by Gasteiger charge is 2.39. The Balaban J connectivity index is 2.21. The number of Topliss-reactive ketones (excluding diaryl/α,β-unsaturated/α-hetero) is 1. The fourth-order valence-corrected chi connectivity index (χ4v) is 1.89. The predicted octanol–water partition coefficient (Wildman–Crippen LogP) is 1.49. The highest BCUT2D eigenvalue weighted by atomic mass is 16.7. The van der Waals surface area contributed by atoms with Crippen LogP contribution in [0.4, 0.5) is 0 Å². The molecule has 2 atom stereocenters. The van der Waals surface area contributed by atoms with Gasteiger partial charge in [-0.15, -0.1) is 0 Å². The fraction of sp³-hybridized carbons (Fsp3) is 0.417. The predicted molar refractivity (Wildman–Crippen MR) is 58.8 cm³/mol. The molecule has 1 aliphatic rings. The summed E-state index contributed by atoms with van der Waals surface area (Å²) < 4.78 is 0. The molecule has 0 radical (unpaired) electrons. The van der Waals surface area contributed by atoms with E-state index < -0.39 is 5.60 Å². The van der Waals surface area contributed by atoms with Crippen molar-refractivity contribution in [3.05, 3.63) is 29.8 Å². The number of phenols is 1. The zero-order valence-electron chi connectivity index (χ0n) is 9.36. The summed E-state index contributed by atoms with van der Waals surface area (Å²) in [5.74, 6) is 0.295. The van der Waals surface area contributed by atoms with E-state index in [1.807, 2.05) is 6.92 Å². The third-order valence-corrected chi connectivity index (χ3v) is 2.99. The van der Waals surface area contributed by atoms with Gasteiger partial charge in [-0.2, -0.15) is 5.48 Å². The number of nitrogens with one attached hydrogen (secondary N) is 1. The Morgan fingerprint density at radius 2 is 2.12 bits per heavy atom. The van der Waals surface area contributed by atoms with Crippen LogP contribution in [-0.2, 0) is 15.2 Å². The van der Waals surface area contributed by atoms with E-state index in [0.717, 1.165) is 5.56 Å². The molecule has 0 aromatic heterocycles. The highest BCUT2D eigenvalue weighted by Crippen LogP contribution is 2.34. The number of aromatic hydroxyl groups is 1. The van der Waals surface area contributed by atoms with Crippen LogP contribution >= 0.6 is 0 Å². The molecule has 4 heteroatoms. The van der Waals surface area contributed by atoms with Crippen molar-refractivity contribution >= 4 is 5.78 Å². The van der Waals surface area contributed by atoms with Gasteiger partial charge < -0.3 is 5.11 Å². The molecule has 2 N–H and O–H groups in total. The molecule has 0 amide bonds. The summed E-state index contributed by atoms with van der Waals surface area (Å²) in [6, 6.07) is 6.59. The van der Waals surface area contributed by atoms with Crippen LogP contribution in [0.1, 0.15) is 25.8 Å². The minimum absolute atomic E-state index is 0.0718. The minimum Gasteiger partial charge on any atom is -0.508 e. The van der Waals surface area contributed by atoms with Gasteiger partial charge >= 0.3 is 0 Å². The van der Waals surface area contributed by atoms with Gasteiger partial charge in [-0.3, -0.25) is 9.63 Å². The van der Waals surface area contributed by atoms with E-state index in [2.05, 4.69) is 5.48 Å². The van der Waals surface area contributed by atoms with Crippen molar-refractivity contribution in [2.24, 2.45) is 0 Å². The topological polar surface area (TPSA) is 58.6 Å². The Morgan fingerprint density at radius 1 is 1.50 bits per heavy atom. The van der Waals surface area contributed by atoms with E-state index in [1.54, 1.807) is 31.2 Å². The van der Waals surface area contributed by atoms with Gasteiger partial charge in [0.25, 0.3) is 0 Å². The van der Waals surface area contributed by atoms with Crippen LogP contribution in [0.15, 0.2) is 24.3 Å². The average Bonchev–Trinajstić information content (AvgIpc) is 2.63. The molecule has 1 fully saturated rings. The lowest BCUT2D eigenvalue weighted by Gasteiger charge is -2.21. The second-order valence-corrected chi connectivity index (χ2v) is 4.37. The van der Waals surface area contributed by atoms with Crippen molar-refractivity contribution < 1.29 is 14.7 Å². The second-order valence-electron chi connectivity index (χ2n) is 4.37. The molecule has 16 heavy (non-hydrogen) atoms. The maximum atomic E-state index is 11.2. The second kappa shape index (κ2) is 3.88. The highest BCUT2D eigenvalue weighted by molar-refractivity contribution is 5.81.